The Balaban J connectivity index is 1.87. The zero-order valence-electron chi connectivity index (χ0n) is 20.6. The molecule has 2 nitrogen and oxygen atoms in total. The van der Waals surface area contributed by atoms with Crippen LogP contribution in [0.1, 0.15) is 44.7 Å². The number of hydrogen-bond donors (Lipinski definition) is 0. The largest absolute Gasteiger partial charge is 0.417 e. The smallest absolute Gasteiger partial charge is 0.191 e. The molecule has 0 bridgehead atoms. The highest BCUT2D eigenvalue weighted by Crippen LogP contribution is 2.51. The van der Waals surface area contributed by atoms with E-state index in [1.165, 1.54) is 11.1 Å². The normalized spacial score (nSPS) is 23.4. The van der Waals surface area contributed by atoms with E-state index >= 15 is 0 Å². The molecule has 0 N–H and O–H groups in total. The van der Waals surface area contributed by atoms with Gasteiger partial charge in [-0.3, -0.25) is 0 Å². The fourth-order valence-electron chi connectivity index (χ4n) is 4.42. The van der Waals surface area contributed by atoms with Gasteiger partial charge in [-0.25, -0.2) is 0 Å². The molecule has 0 fully saturated rings. The lowest BCUT2D eigenvalue weighted by Gasteiger charge is -2.45. The quantitative estimate of drug-likeness (QED) is 0.273. The van der Waals surface area contributed by atoms with E-state index in [-0.39, 0.29) is 10.5 Å². The van der Waals surface area contributed by atoms with Gasteiger partial charge in [0.15, 0.2) is 8.32 Å². The molecule has 1 aliphatic carbocycles. The maximum absolute atomic E-state index is 6.71. The van der Waals surface area contributed by atoms with Crippen molar-refractivity contribution in [1.82, 2.24) is 0 Å². The molecule has 0 amide bonds. The van der Waals surface area contributed by atoms with E-state index in [0.29, 0.717) is 6.61 Å². The summed E-state index contributed by atoms with van der Waals surface area (Å²) in [6, 6.07) is 21.2. The molecule has 0 spiro atoms. The summed E-state index contributed by atoms with van der Waals surface area (Å²) in [5.41, 5.74) is 1.88. The molecule has 2 atom stereocenters. The van der Waals surface area contributed by atoms with E-state index in [4.69, 9.17) is 9.16 Å². The first-order valence-corrected chi connectivity index (χ1v) is 14.7. The third kappa shape index (κ3) is 5.33. The molecule has 32 heavy (non-hydrogen) atoms. The number of benzene rings is 2. The molecule has 0 heterocycles. The van der Waals surface area contributed by atoms with Crippen molar-refractivity contribution in [3.05, 3.63) is 96.6 Å². The summed E-state index contributed by atoms with van der Waals surface area (Å²) in [5.74, 6) is 0. The van der Waals surface area contributed by atoms with Crippen molar-refractivity contribution in [3.8, 4) is 0 Å². The van der Waals surface area contributed by atoms with E-state index in [2.05, 4.69) is 107 Å². The van der Waals surface area contributed by atoms with E-state index in [0.717, 1.165) is 25.9 Å². The van der Waals surface area contributed by atoms with Gasteiger partial charge in [-0.2, -0.15) is 0 Å². The maximum Gasteiger partial charge on any atom is 0.191 e. The number of ether oxygens (including phenoxy) is 1. The molecular weight excluding hydrogens is 408 g/mol. The standard InChI is InChI=1S/C29H40O2Si/c1-7-29(30-24-26-17-12-9-13-18-26)20-14-19-28(29,23-25-15-10-8-11-16-25)21-22-31-32(5,6)27(2,3)4/h7-18,20H,1,19,21-24H2,2-6H3/t28-,29-/m0/s1. The van der Waals surface area contributed by atoms with Crippen molar-refractivity contribution in [2.45, 2.75) is 70.4 Å². The third-order valence-corrected chi connectivity index (χ3v) is 12.1. The summed E-state index contributed by atoms with van der Waals surface area (Å²) in [6.45, 7) is 17.1. The van der Waals surface area contributed by atoms with Gasteiger partial charge in [0.2, 0.25) is 0 Å². The zero-order valence-corrected chi connectivity index (χ0v) is 21.6. The number of allylic oxidation sites excluding steroid dienone is 1. The lowest BCUT2D eigenvalue weighted by atomic mass is 9.67. The van der Waals surface area contributed by atoms with Gasteiger partial charge in [-0.15, -0.1) is 0 Å². The zero-order chi connectivity index (χ0) is 23.3. The summed E-state index contributed by atoms with van der Waals surface area (Å²) in [7, 11) is -1.82. The molecule has 0 saturated heterocycles. The Hall–Kier alpha value is -1.94. The molecule has 1 aliphatic rings. The third-order valence-electron chi connectivity index (χ3n) is 7.56. The van der Waals surface area contributed by atoms with Crippen molar-refractivity contribution in [2.75, 3.05) is 6.61 Å². The minimum absolute atomic E-state index is 0.118. The van der Waals surface area contributed by atoms with Crippen molar-refractivity contribution in [3.63, 3.8) is 0 Å². The summed E-state index contributed by atoms with van der Waals surface area (Å²) in [6.07, 6.45) is 9.36. The van der Waals surface area contributed by atoms with Crippen LogP contribution in [0.3, 0.4) is 0 Å². The van der Waals surface area contributed by atoms with Gasteiger partial charge in [-0.1, -0.05) is 106 Å². The Kier molecular flexibility index (Phi) is 7.64. The van der Waals surface area contributed by atoms with Gasteiger partial charge >= 0.3 is 0 Å². The van der Waals surface area contributed by atoms with Gasteiger partial charge < -0.3 is 9.16 Å². The second-order valence-corrected chi connectivity index (χ2v) is 15.5. The lowest BCUT2D eigenvalue weighted by molar-refractivity contribution is -0.0773. The average molecular weight is 449 g/mol. The number of hydrogen-bond acceptors (Lipinski definition) is 2. The summed E-state index contributed by atoms with van der Waals surface area (Å²) in [5, 5.41) is 0.201. The Morgan fingerprint density at radius 2 is 1.56 bits per heavy atom. The van der Waals surface area contributed by atoms with Crippen LogP contribution in [0.15, 0.2) is 85.5 Å². The highest BCUT2D eigenvalue weighted by atomic mass is 28.4. The highest BCUT2D eigenvalue weighted by molar-refractivity contribution is 6.74. The van der Waals surface area contributed by atoms with Crippen LogP contribution in [0, 0.1) is 5.41 Å². The monoisotopic (exact) mass is 448 g/mol. The highest BCUT2D eigenvalue weighted by Gasteiger charge is 2.51. The van der Waals surface area contributed by atoms with Crippen LogP contribution in [0.5, 0.6) is 0 Å². The molecule has 2 aromatic rings. The van der Waals surface area contributed by atoms with Crippen LogP contribution in [-0.2, 0) is 22.2 Å². The Bertz CT molecular complexity index is 898. The van der Waals surface area contributed by atoms with E-state index in [1.807, 2.05) is 12.1 Å². The first-order chi connectivity index (χ1) is 15.1. The summed E-state index contributed by atoms with van der Waals surface area (Å²) in [4.78, 5) is 0. The minimum atomic E-state index is -1.82. The second-order valence-electron chi connectivity index (χ2n) is 10.7. The molecule has 172 valence electrons. The molecule has 0 aliphatic heterocycles. The van der Waals surface area contributed by atoms with E-state index < -0.39 is 13.9 Å². The Labute approximate surface area is 196 Å². The van der Waals surface area contributed by atoms with Crippen molar-refractivity contribution in [1.29, 1.82) is 0 Å². The lowest BCUT2D eigenvalue weighted by Crippen LogP contribution is -2.48. The molecule has 0 saturated carbocycles. The molecule has 3 heteroatoms. The average Bonchev–Trinajstić information content (AvgIpc) is 3.11. The fraction of sp³-hybridized carbons (Fsp3) is 0.448. The van der Waals surface area contributed by atoms with Gasteiger partial charge in [0.05, 0.1) is 6.61 Å². The molecular formula is C29H40O2Si. The van der Waals surface area contributed by atoms with Crippen LogP contribution in [-0.4, -0.2) is 20.5 Å². The molecule has 0 radical (unpaired) electrons. The van der Waals surface area contributed by atoms with Crippen molar-refractivity contribution < 1.29 is 9.16 Å². The maximum atomic E-state index is 6.71. The Morgan fingerprint density at radius 3 is 2.12 bits per heavy atom. The van der Waals surface area contributed by atoms with Gasteiger partial charge in [0.25, 0.3) is 0 Å². The van der Waals surface area contributed by atoms with Crippen molar-refractivity contribution in [2.24, 2.45) is 5.41 Å². The van der Waals surface area contributed by atoms with Gasteiger partial charge in [0, 0.05) is 12.0 Å². The predicted molar refractivity (Wildman–Crippen MR) is 138 cm³/mol. The second kappa shape index (κ2) is 9.90. The Morgan fingerprint density at radius 1 is 0.969 bits per heavy atom. The first-order valence-electron chi connectivity index (χ1n) is 11.8. The predicted octanol–water partition coefficient (Wildman–Crippen LogP) is 7.73. The van der Waals surface area contributed by atoms with Crippen molar-refractivity contribution >= 4 is 8.32 Å². The SMILES string of the molecule is C=C[C@]1(OCc2ccccc2)C=CC[C@]1(CCO[Si](C)(C)C(C)(C)C)Cc1ccccc1. The van der Waals surface area contributed by atoms with E-state index in [1.54, 1.807) is 0 Å². The van der Waals surface area contributed by atoms with Crippen LogP contribution >= 0.6 is 0 Å². The molecule has 0 aromatic heterocycles. The van der Waals surface area contributed by atoms with Crippen LogP contribution < -0.4 is 0 Å². The van der Waals surface area contributed by atoms with Crippen LogP contribution in [0.2, 0.25) is 18.1 Å². The summed E-state index contributed by atoms with van der Waals surface area (Å²) >= 11 is 0. The molecule has 3 rings (SSSR count). The molecule has 2 aromatic carbocycles. The molecule has 0 unspecified atom stereocenters. The first kappa shape index (κ1) is 24.7. The summed E-state index contributed by atoms with van der Waals surface area (Å²) < 4.78 is 13.4. The fourth-order valence-corrected chi connectivity index (χ4v) is 5.46. The van der Waals surface area contributed by atoms with E-state index in [9.17, 15) is 0 Å². The van der Waals surface area contributed by atoms with Crippen LogP contribution in [0.4, 0.5) is 0 Å². The van der Waals surface area contributed by atoms with Gasteiger partial charge in [-0.05, 0) is 48.5 Å². The van der Waals surface area contributed by atoms with Gasteiger partial charge in [0.1, 0.15) is 5.60 Å². The number of rotatable bonds is 10. The van der Waals surface area contributed by atoms with Crippen LogP contribution in [0.25, 0.3) is 0 Å². The topological polar surface area (TPSA) is 18.5 Å². The minimum Gasteiger partial charge on any atom is -0.417 e.